The molecule has 1 atom stereocenters. The van der Waals surface area contributed by atoms with Gasteiger partial charge in [-0.2, -0.15) is 0 Å². The monoisotopic (exact) mass is 351 g/mol. The summed E-state index contributed by atoms with van der Waals surface area (Å²) in [7, 11) is 0. The summed E-state index contributed by atoms with van der Waals surface area (Å²) in [6.07, 6.45) is 3.02. The first-order valence-corrected chi connectivity index (χ1v) is 7.78. The summed E-state index contributed by atoms with van der Waals surface area (Å²) in [5, 5.41) is 6.76. The number of hydrogen-bond acceptors (Lipinski definition) is 7. The minimum absolute atomic E-state index is 0.0199. The third-order valence-electron chi connectivity index (χ3n) is 3.66. The molecule has 3 rings (SSSR count). The van der Waals surface area contributed by atoms with Gasteiger partial charge in [0, 0.05) is 17.3 Å². The number of nitrogens with one attached hydrogen (secondary N) is 2. The van der Waals surface area contributed by atoms with Crippen molar-refractivity contribution in [3.8, 4) is 0 Å². The van der Waals surface area contributed by atoms with Crippen LogP contribution in [0, 0.1) is 0 Å². The fourth-order valence-corrected chi connectivity index (χ4v) is 2.31. The van der Waals surface area contributed by atoms with Gasteiger partial charge < -0.3 is 22.1 Å². The molecule has 0 fully saturated rings. The molecular formula is C17H17N7O2. The number of primary amides is 2. The number of rotatable bonds is 6. The van der Waals surface area contributed by atoms with Crippen molar-refractivity contribution >= 4 is 40.0 Å². The van der Waals surface area contributed by atoms with Crippen LogP contribution in [-0.2, 0) is 4.79 Å². The maximum absolute atomic E-state index is 11.6. The Labute approximate surface area is 148 Å². The molecule has 0 aliphatic rings. The maximum atomic E-state index is 11.6. The molecule has 0 saturated carbocycles. The number of nitrogens with two attached hydrogens (primary N) is 2. The van der Waals surface area contributed by atoms with Crippen LogP contribution in [0.5, 0.6) is 0 Å². The molecule has 3 aromatic rings. The van der Waals surface area contributed by atoms with Crippen molar-refractivity contribution in [2.75, 3.05) is 10.6 Å². The summed E-state index contributed by atoms with van der Waals surface area (Å²) in [5.74, 6) is -0.812. The number of hydrogen-bond donors (Lipinski definition) is 4. The van der Waals surface area contributed by atoms with Gasteiger partial charge in [-0.1, -0.05) is 6.07 Å². The van der Waals surface area contributed by atoms with Crippen molar-refractivity contribution < 1.29 is 9.59 Å². The van der Waals surface area contributed by atoms with Crippen LogP contribution in [0.2, 0.25) is 0 Å². The highest BCUT2D eigenvalue weighted by atomic mass is 16.1. The Hall–Kier alpha value is -3.75. The molecule has 9 heteroatoms. The van der Waals surface area contributed by atoms with Crippen molar-refractivity contribution in [2.45, 2.75) is 13.0 Å². The average Bonchev–Trinajstić information content (AvgIpc) is 2.61. The zero-order valence-corrected chi connectivity index (χ0v) is 13.9. The second kappa shape index (κ2) is 7.01. The van der Waals surface area contributed by atoms with Gasteiger partial charge in [-0.05, 0) is 31.2 Å². The average molecular weight is 351 g/mol. The summed E-state index contributed by atoms with van der Waals surface area (Å²) in [6.45, 7) is 1.59. The number of carbonyl (C=O) groups excluding carboxylic acids is 2. The lowest BCUT2D eigenvalue weighted by molar-refractivity contribution is -0.118. The van der Waals surface area contributed by atoms with Gasteiger partial charge in [0.1, 0.15) is 11.9 Å². The Morgan fingerprint density at radius 3 is 2.69 bits per heavy atom. The van der Waals surface area contributed by atoms with Crippen molar-refractivity contribution in [1.29, 1.82) is 0 Å². The van der Waals surface area contributed by atoms with E-state index in [1.165, 1.54) is 6.20 Å². The maximum Gasteiger partial charge on any atom is 0.271 e. The van der Waals surface area contributed by atoms with Crippen LogP contribution in [0.4, 0.5) is 17.3 Å². The van der Waals surface area contributed by atoms with Gasteiger partial charge in [-0.15, -0.1) is 0 Å². The van der Waals surface area contributed by atoms with Gasteiger partial charge in [0.05, 0.1) is 11.7 Å². The van der Waals surface area contributed by atoms with E-state index in [2.05, 4.69) is 25.6 Å². The molecule has 0 spiro atoms. The van der Waals surface area contributed by atoms with E-state index in [0.29, 0.717) is 5.69 Å². The number of pyridine rings is 1. The number of nitrogens with zero attached hydrogens (tertiary/aromatic N) is 3. The fourth-order valence-electron chi connectivity index (χ4n) is 2.31. The van der Waals surface area contributed by atoms with Gasteiger partial charge in [0.2, 0.25) is 5.91 Å². The van der Waals surface area contributed by atoms with E-state index >= 15 is 0 Å². The number of amides is 2. The van der Waals surface area contributed by atoms with E-state index in [-0.39, 0.29) is 17.3 Å². The fraction of sp³-hybridized carbons (Fsp3) is 0.118. The van der Waals surface area contributed by atoms with Crippen LogP contribution in [0.3, 0.4) is 0 Å². The van der Waals surface area contributed by atoms with Crippen LogP contribution in [0.1, 0.15) is 17.4 Å². The predicted molar refractivity (Wildman–Crippen MR) is 97.9 cm³/mol. The summed E-state index contributed by atoms with van der Waals surface area (Å²) >= 11 is 0. The molecule has 0 aliphatic heterocycles. The molecule has 6 N–H and O–H groups in total. The molecule has 9 nitrogen and oxygen atoms in total. The zero-order chi connectivity index (χ0) is 18.7. The van der Waals surface area contributed by atoms with Crippen LogP contribution in [0.25, 0.3) is 10.9 Å². The Balaban J connectivity index is 1.95. The quantitative estimate of drug-likeness (QED) is 0.520. The minimum Gasteiger partial charge on any atom is -0.368 e. The summed E-state index contributed by atoms with van der Waals surface area (Å²) in [6, 6.07) is 8.60. The molecule has 2 amide bonds. The lowest BCUT2D eigenvalue weighted by Gasteiger charge is -2.14. The first-order valence-electron chi connectivity index (χ1n) is 7.78. The largest absolute Gasteiger partial charge is 0.368 e. The lowest BCUT2D eigenvalue weighted by Crippen LogP contribution is -2.33. The zero-order valence-electron chi connectivity index (χ0n) is 13.9. The van der Waals surface area contributed by atoms with E-state index in [0.717, 1.165) is 10.9 Å². The molecule has 1 aromatic carbocycles. The SMILES string of the molecule is CC(Nc1cnc(C(N)=O)c(Nc2ccc3ncccc3c2)n1)C(N)=O. The van der Waals surface area contributed by atoms with Crippen molar-refractivity contribution in [1.82, 2.24) is 15.0 Å². The second-order valence-corrected chi connectivity index (χ2v) is 5.62. The topological polar surface area (TPSA) is 149 Å². The van der Waals surface area contributed by atoms with E-state index in [4.69, 9.17) is 11.5 Å². The van der Waals surface area contributed by atoms with Crippen molar-refractivity contribution in [3.05, 3.63) is 48.4 Å². The molecule has 0 saturated heterocycles. The van der Waals surface area contributed by atoms with Gasteiger partial charge >= 0.3 is 0 Å². The van der Waals surface area contributed by atoms with Gasteiger partial charge in [0.15, 0.2) is 11.5 Å². The molecule has 1 unspecified atom stereocenters. The standard InChI is InChI=1S/C17H17N7O2/c1-9(15(18)25)22-13-8-21-14(16(19)26)17(24-13)23-11-4-5-12-10(7-11)3-2-6-20-12/h2-9H,1H3,(H2,18,25)(H2,19,26)(H2,22,23,24). The van der Waals surface area contributed by atoms with Crippen LogP contribution < -0.4 is 22.1 Å². The van der Waals surface area contributed by atoms with E-state index in [9.17, 15) is 9.59 Å². The van der Waals surface area contributed by atoms with E-state index in [1.807, 2.05) is 24.3 Å². The first kappa shape index (κ1) is 17.1. The number of fused-ring (bicyclic) bond motifs is 1. The second-order valence-electron chi connectivity index (χ2n) is 5.62. The van der Waals surface area contributed by atoms with Gasteiger partial charge in [0.25, 0.3) is 5.91 Å². The van der Waals surface area contributed by atoms with E-state index in [1.54, 1.807) is 19.2 Å². The van der Waals surface area contributed by atoms with Gasteiger partial charge in [-0.25, -0.2) is 9.97 Å². The van der Waals surface area contributed by atoms with Gasteiger partial charge in [-0.3, -0.25) is 14.6 Å². The number of anilines is 3. The lowest BCUT2D eigenvalue weighted by atomic mass is 10.2. The van der Waals surface area contributed by atoms with Crippen LogP contribution >= 0.6 is 0 Å². The Bertz CT molecular complexity index is 990. The molecule has 2 heterocycles. The highest BCUT2D eigenvalue weighted by Crippen LogP contribution is 2.22. The Morgan fingerprint density at radius 1 is 1.15 bits per heavy atom. The highest BCUT2D eigenvalue weighted by molar-refractivity contribution is 5.96. The molecule has 26 heavy (non-hydrogen) atoms. The van der Waals surface area contributed by atoms with E-state index < -0.39 is 17.9 Å². The molecule has 0 radical (unpaired) electrons. The van der Waals surface area contributed by atoms with Crippen LogP contribution in [-0.4, -0.2) is 32.8 Å². The summed E-state index contributed by atoms with van der Waals surface area (Å²) < 4.78 is 0. The molecular weight excluding hydrogens is 334 g/mol. The molecule has 2 aromatic heterocycles. The van der Waals surface area contributed by atoms with Crippen molar-refractivity contribution in [2.24, 2.45) is 11.5 Å². The highest BCUT2D eigenvalue weighted by Gasteiger charge is 2.15. The number of benzene rings is 1. The summed E-state index contributed by atoms with van der Waals surface area (Å²) in [5.41, 5.74) is 12.1. The number of aromatic nitrogens is 3. The normalized spacial score (nSPS) is 11.7. The van der Waals surface area contributed by atoms with Crippen molar-refractivity contribution in [3.63, 3.8) is 0 Å². The summed E-state index contributed by atoms with van der Waals surface area (Å²) in [4.78, 5) is 35.4. The van der Waals surface area contributed by atoms with Crippen LogP contribution in [0.15, 0.2) is 42.7 Å². The number of carbonyl (C=O) groups is 2. The smallest absolute Gasteiger partial charge is 0.271 e. The Kier molecular flexibility index (Phi) is 4.61. The third-order valence-corrected chi connectivity index (χ3v) is 3.66. The molecule has 0 bridgehead atoms. The molecule has 0 aliphatic carbocycles. The first-order chi connectivity index (χ1) is 12.4. The minimum atomic E-state index is -0.725. The third kappa shape index (κ3) is 3.66. The predicted octanol–water partition coefficient (Wildman–Crippen LogP) is 1.15. The Morgan fingerprint density at radius 2 is 1.96 bits per heavy atom. The molecule has 132 valence electrons.